The highest BCUT2D eigenvalue weighted by molar-refractivity contribution is 9.10. The third-order valence-corrected chi connectivity index (χ3v) is 3.85. The van der Waals surface area contributed by atoms with Gasteiger partial charge in [-0.3, -0.25) is 0 Å². The van der Waals surface area contributed by atoms with Crippen molar-refractivity contribution in [2.24, 2.45) is 0 Å². The van der Waals surface area contributed by atoms with E-state index in [1.165, 1.54) is 6.07 Å². The minimum absolute atomic E-state index is 0.234. The van der Waals surface area contributed by atoms with E-state index in [9.17, 15) is 4.39 Å². The molecular weight excluding hydrogens is 321 g/mol. The number of imidazole rings is 1. The van der Waals surface area contributed by atoms with Crippen LogP contribution in [0, 0.1) is 5.82 Å². The summed E-state index contributed by atoms with van der Waals surface area (Å²) < 4.78 is 16.2. The van der Waals surface area contributed by atoms with E-state index in [1.54, 1.807) is 6.07 Å². The molecule has 0 atom stereocenters. The molecule has 0 aliphatic rings. The molecule has 2 N–H and O–H groups in total. The molecule has 0 aliphatic carbocycles. The van der Waals surface area contributed by atoms with Gasteiger partial charge in [-0.2, -0.15) is 0 Å². The fourth-order valence-electron chi connectivity index (χ4n) is 2.33. The van der Waals surface area contributed by atoms with Crippen molar-refractivity contribution < 1.29 is 4.39 Å². The van der Waals surface area contributed by atoms with Crippen LogP contribution in [0.3, 0.4) is 0 Å². The predicted molar refractivity (Wildman–Crippen MR) is 84.1 cm³/mol. The summed E-state index contributed by atoms with van der Waals surface area (Å²) in [5.74, 6) is 1.25. The van der Waals surface area contributed by atoms with Gasteiger partial charge in [0.1, 0.15) is 23.2 Å². The molecule has 5 heteroatoms. The minimum atomic E-state index is -0.307. The number of aryl methyl sites for hydroxylation is 1. The van der Waals surface area contributed by atoms with Gasteiger partial charge in [-0.15, -0.1) is 0 Å². The lowest BCUT2D eigenvalue weighted by Crippen LogP contribution is -2.09. The molecule has 0 saturated carbocycles. The van der Waals surface area contributed by atoms with E-state index in [-0.39, 0.29) is 11.9 Å². The van der Waals surface area contributed by atoms with Crippen molar-refractivity contribution in [1.29, 1.82) is 0 Å². The molecule has 2 aromatic rings. The molecule has 1 aromatic carbocycles. The van der Waals surface area contributed by atoms with Crippen LogP contribution in [-0.4, -0.2) is 9.55 Å². The van der Waals surface area contributed by atoms with Crippen molar-refractivity contribution in [3.63, 3.8) is 0 Å². The van der Waals surface area contributed by atoms with Crippen LogP contribution in [0.5, 0.6) is 0 Å². The van der Waals surface area contributed by atoms with Gasteiger partial charge < -0.3 is 10.3 Å². The zero-order valence-corrected chi connectivity index (χ0v) is 13.5. The first-order chi connectivity index (χ1) is 9.45. The number of hydrogen-bond acceptors (Lipinski definition) is 2. The number of hydrogen-bond donors (Lipinski definition) is 1. The zero-order valence-electron chi connectivity index (χ0n) is 12.0. The highest BCUT2D eigenvalue weighted by Crippen LogP contribution is 2.31. The Morgan fingerprint density at radius 2 is 2.10 bits per heavy atom. The monoisotopic (exact) mass is 339 g/mol. The van der Waals surface area contributed by atoms with Crippen LogP contribution in [0.4, 0.5) is 10.2 Å². The first-order valence-electron chi connectivity index (χ1n) is 6.77. The van der Waals surface area contributed by atoms with E-state index in [0.717, 1.165) is 18.7 Å². The fraction of sp³-hybridized carbons (Fsp3) is 0.400. The molecule has 0 aliphatic heterocycles. The standard InChI is InChI=1S/C15H19BrFN3/c1-4-5-13-19-14(15(18)20(13)9(2)3)10-6-7-11(16)12(17)8-10/h6-9H,4-5,18H2,1-3H3. The number of nitrogens with two attached hydrogens (primary N) is 1. The smallest absolute Gasteiger partial charge is 0.138 e. The maximum Gasteiger partial charge on any atom is 0.138 e. The van der Waals surface area contributed by atoms with Gasteiger partial charge in [0.25, 0.3) is 0 Å². The molecule has 0 fully saturated rings. The van der Waals surface area contributed by atoms with Gasteiger partial charge in [-0.05, 0) is 48.3 Å². The topological polar surface area (TPSA) is 43.8 Å². The average molecular weight is 340 g/mol. The summed E-state index contributed by atoms with van der Waals surface area (Å²) >= 11 is 3.16. The van der Waals surface area contributed by atoms with Crippen LogP contribution in [-0.2, 0) is 6.42 Å². The lowest BCUT2D eigenvalue weighted by molar-refractivity contribution is 0.571. The molecular formula is C15H19BrFN3. The van der Waals surface area contributed by atoms with E-state index in [1.807, 2.05) is 10.6 Å². The fourth-order valence-corrected chi connectivity index (χ4v) is 2.57. The van der Waals surface area contributed by atoms with Gasteiger partial charge in [-0.1, -0.05) is 13.0 Å². The highest BCUT2D eigenvalue weighted by Gasteiger charge is 2.18. The summed E-state index contributed by atoms with van der Waals surface area (Å²) in [5.41, 5.74) is 7.59. The normalized spacial score (nSPS) is 11.3. The molecule has 0 saturated heterocycles. The Morgan fingerprint density at radius 1 is 1.40 bits per heavy atom. The quantitative estimate of drug-likeness (QED) is 0.886. The van der Waals surface area contributed by atoms with Crippen LogP contribution in [0.1, 0.15) is 39.1 Å². The Morgan fingerprint density at radius 3 is 2.65 bits per heavy atom. The molecule has 1 aromatic heterocycles. The molecule has 0 bridgehead atoms. The summed E-state index contributed by atoms with van der Waals surface area (Å²) in [5, 5.41) is 0. The SMILES string of the molecule is CCCc1nc(-c2ccc(Br)c(F)c2)c(N)n1C(C)C. The molecule has 0 radical (unpaired) electrons. The molecule has 1 heterocycles. The average Bonchev–Trinajstić information content (AvgIpc) is 2.70. The van der Waals surface area contributed by atoms with Gasteiger partial charge in [0.05, 0.1) is 4.47 Å². The number of aromatic nitrogens is 2. The van der Waals surface area contributed by atoms with Crippen LogP contribution in [0.25, 0.3) is 11.3 Å². The highest BCUT2D eigenvalue weighted by atomic mass is 79.9. The number of anilines is 1. The molecule has 3 nitrogen and oxygen atoms in total. The predicted octanol–water partition coefficient (Wildman–Crippen LogP) is 4.57. The van der Waals surface area contributed by atoms with Crippen molar-refractivity contribution in [2.75, 3.05) is 5.73 Å². The number of nitrogens with zero attached hydrogens (tertiary/aromatic N) is 2. The van der Waals surface area contributed by atoms with Crippen molar-refractivity contribution >= 4 is 21.7 Å². The van der Waals surface area contributed by atoms with Crippen LogP contribution < -0.4 is 5.73 Å². The second-order valence-electron chi connectivity index (χ2n) is 5.10. The Balaban J connectivity index is 2.56. The van der Waals surface area contributed by atoms with Gasteiger partial charge in [0, 0.05) is 18.0 Å². The summed E-state index contributed by atoms with van der Waals surface area (Å²) in [6.45, 7) is 6.25. The zero-order chi connectivity index (χ0) is 14.9. The van der Waals surface area contributed by atoms with Crippen LogP contribution in [0.2, 0.25) is 0 Å². The van der Waals surface area contributed by atoms with Gasteiger partial charge >= 0.3 is 0 Å². The van der Waals surface area contributed by atoms with E-state index in [2.05, 4.69) is 41.7 Å². The molecule has 108 valence electrons. The van der Waals surface area contributed by atoms with Crippen molar-refractivity contribution in [1.82, 2.24) is 9.55 Å². The molecule has 0 unspecified atom stereocenters. The Bertz CT molecular complexity index is 620. The molecule has 0 spiro atoms. The Hall–Kier alpha value is -1.36. The maximum absolute atomic E-state index is 13.7. The number of rotatable bonds is 4. The molecule has 20 heavy (non-hydrogen) atoms. The molecule has 2 rings (SSSR count). The second-order valence-corrected chi connectivity index (χ2v) is 5.96. The molecule has 0 amide bonds. The third kappa shape index (κ3) is 2.73. The second kappa shape index (κ2) is 5.95. The Kier molecular flexibility index (Phi) is 4.48. The van der Waals surface area contributed by atoms with Crippen molar-refractivity contribution in [3.05, 3.63) is 34.3 Å². The Labute approximate surface area is 127 Å². The minimum Gasteiger partial charge on any atom is -0.383 e. The van der Waals surface area contributed by atoms with Crippen LogP contribution in [0.15, 0.2) is 22.7 Å². The van der Waals surface area contributed by atoms with Gasteiger partial charge in [-0.25, -0.2) is 9.37 Å². The maximum atomic E-state index is 13.7. The third-order valence-electron chi connectivity index (χ3n) is 3.20. The number of benzene rings is 1. The first kappa shape index (κ1) is 15.0. The van der Waals surface area contributed by atoms with Crippen molar-refractivity contribution in [3.8, 4) is 11.3 Å². The van der Waals surface area contributed by atoms with E-state index in [4.69, 9.17) is 5.73 Å². The van der Waals surface area contributed by atoms with E-state index < -0.39 is 0 Å². The van der Waals surface area contributed by atoms with E-state index in [0.29, 0.717) is 21.5 Å². The van der Waals surface area contributed by atoms with Gasteiger partial charge in [0.2, 0.25) is 0 Å². The summed E-state index contributed by atoms with van der Waals surface area (Å²) in [6.07, 6.45) is 1.86. The first-order valence-corrected chi connectivity index (χ1v) is 7.57. The van der Waals surface area contributed by atoms with E-state index >= 15 is 0 Å². The summed E-state index contributed by atoms with van der Waals surface area (Å²) in [4.78, 5) is 4.62. The van der Waals surface area contributed by atoms with Crippen LogP contribution >= 0.6 is 15.9 Å². The van der Waals surface area contributed by atoms with Gasteiger partial charge in [0.15, 0.2) is 0 Å². The summed E-state index contributed by atoms with van der Waals surface area (Å²) in [6, 6.07) is 5.20. The largest absolute Gasteiger partial charge is 0.383 e. The lowest BCUT2D eigenvalue weighted by atomic mass is 10.1. The summed E-state index contributed by atoms with van der Waals surface area (Å²) in [7, 11) is 0. The number of halogens is 2. The van der Waals surface area contributed by atoms with Crippen molar-refractivity contribution in [2.45, 2.75) is 39.7 Å². The lowest BCUT2D eigenvalue weighted by Gasteiger charge is -2.13. The number of nitrogen functional groups attached to an aromatic ring is 1.